The third-order valence-electron chi connectivity index (χ3n) is 6.32. The topological polar surface area (TPSA) is 118 Å². The Balaban J connectivity index is 0.000000392. The molecule has 0 fully saturated rings. The van der Waals surface area contributed by atoms with Gasteiger partial charge in [-0.3, -0.25) is 9.69 Å². The molecule has 36 heavy (non-hydrogen) atoms. The molecular weight excluding hydrogens is 464 g/mol. The number of carbonyl (C=O) groups is 3. The average Bonchev–Trinajstić information content (AvgIpc) is 3.21. The van der Waals surface area contributed by atoms with Crippen LogP contribution in [0.3, 0.4) is 0 Å². The van der Waals surface area contributed by atoms with E-state index in [1.807, 2.05) is 6.92 Å². The molecule has 0 saturated carbocycles. The lowest BCUT2D eigenvalue weighted by Crippen LogP contribution is -2.44. The largest absolute Gasteiger partial charge is 0.478 e. The highest BCUT2D eigenvalue weighted by Gasteiger charge is 2.36. The van der Waals surface area contributed by atoms with Crippen LogP contribution in [0.25, 0.3) is 16.5 Å². The predicted molar refractivity (Wildman–Crippen MR) is 136 cm³/mol. The summed E-state index contributed by atoms with van der Waals surface area (Å²) < 4.78 is 13.1. The first kappa shape index (κ1) is 27.2. The summed E-state index contributed by atoms with van der Waals surface area (Å²) in [5, 5.41) is 17.0. The van der Waals surface area contributed by atoms with Crippen molar-refractivity contribution in [2.75, 3.05) is 33.4 Å². The highest BCUT2D eigenvalue weighted by molar-refractivity contribution is 5.99. The fourth-order valence-corrected chi connectivity index (χ4v) is 4.75. The van der Waals surface area contributed by atoms with Crippen molar-refractivity contribution in [3.05, 3.63) is 53.8 Å². The van der Waals surface area contributed by atoms with Crippen LogP contribution in [-0.2, 0) is 30.3 Å². The number of likely N-dealkylation sites (N-methyl/N-ethyl adjacent to an activating group) is 1. The predicted octanol–water partition coefficient (Wildman–Crippen LogP) is 3.38. The molecule has 0 bridgehead atoms. The molecule has 2 N–H and O–H groups in total. The number of hydrogen-bond donors (Lipinski definition) is 2. The van der Waals surface area contributed by atoms with Crippen molar-refractivity contribution in [2.45, 2.75) is 39.3 Å². The molecule has 0 spiro atoms. The molecular formula is C27H34N2O7. The second kappa shape index (κ2) is 12.0. The standard InChI is InChI=1S/C23H30N2O3.C4H4O4/c1-5-27-9-10-28-23(26)17-11-19-18-7-6-8-20-22(18)16(14-25(20)15(2)3)12-21(19)24(4)13-17;5-3(6)1-2-4(7)8/h6-8,11,14-15,17,21H,5,9-10,12-13H2,1-4H3;1-2H,(H,5,6)(H,7,8)/b;2-1-/t17-,21-;/m1./s1. The molecule has 1 aromatic heterocycles. The zero-order chi connectivity index (χ0) is 26.4. The molecule has 2 heterocycles. The van der Waals surface area contributed by atoms with E-state index in [2.05, 4.69) is 60.8 Å². The number of rotatable bonds is 8. The lowest BCUT2D eigenvalue weighted by atomic mass is 9.80. The molecule has 2 atom stereocenters. The van der Waals surface area contributed by atoms with Gasteiger partial charge < -0.3 is 24.3 Å². The molecule has 0 amide bonds. The van der Waals surface area contributed by atoms with Gasteiger partial charge in [-0.15, -0.1) is 0 Å². The van der Waals surface area contributed by atoms with Crippen molar-refractivity contribution < 1.29 is 34.1 Å². The number of carboxylic acid groups (broad SMARTS) is 2. The third-order valence-corrected chi connectivity index (χ3v) is 6.32. The molecule has 194 valence electrons. The summed E-state index contributed by atoms with van der Waals surface area (Å²) in [6.45, 7) is 8.48. The monoisotopic (exact) mass is 498 g/mol. The summed E-state index contributed by atoms with van der Waals surface area (Å²) in [6.07, 6.45) is 6.57. The van der Waals surface area contributed by atoms with Crippen molar-refractivity contribution in [3.63, 3.8) is 0 Å². The Bertz CT molecular complexity index is 1160. The fraction of sp³-hybridized carbons (Fsp3) is 0.444. The molecule has 0 unspecified atom stereocenters. The molecule has 0 saturated heterocycles. The van der Waals surface area contributed by atoms with E-state index in [4.69, 9.17) is 19.7 Å². The summed E-state index contributed by atoms with van der Waals surface area (Å²) in [5.41, 5.74) is 5.22. The highest BCUT2D eigenvalue weighted by atomic mass is 16.6. The molecule has 2 aliphatic rings. The Kier molecular flexibility index (Phi) is 9.06. The minimum atomic E-state index is -1.26. The van der Waals surface area contributed by atoms with Gasteiger partial charge in [-0.25, -0.2) is 9.59 Å². The SMILES string of the molecule is CCOCCOC(=O)[C@@H]1C=C2c3cccc4c3c(cn4C(C)C)C[C@H]2N(C)C1.O=C(O)/C=C\C(=O)O. The quantitative estimate of drug-likeness (QED) is 0.323. The summed E-state index contributed by atoms with van der Waals surface area (Å²) >= 11 is 0. The van der Waals surface area contributed by atoms with Gasteiger partial charge in [0.1, 0.15) is 6.61 Å². The van der Waals surface area contributed by atoms with Crippen LogP contribution >= 0.6 is 0 Å². The number of hydrogen-bond acceptors (Lipinski definition) is 6. The number of aliphatic carboxylic acids is 2. The molecule has 1 aliphatic heterocycles. The summed E-state index contributed by atoms with van der Waals surface area (Å²) in [4.78, 5) is 34.0. The first-order chi connectivity index (χ1) is 17.1. The van der Waals surface area contributed by atoms with Crippen LogP contribution in [-0.4, -0.2) is 77.0 Å². The normalized spacial score (nSPS) is 19.0. The number of fused-ring (bicyclic) bond motifs is 2. The van der Waals surface area contributed by atoms with Crippen LogP contribution in [0.15, 0.2) is 42.6 Å². The fourth-order valence-electron chi connectivity index (χ4n) is 4.75. The zero-order valence-corrected chi connectivity index (χ0v) is 21.1. The van der Waals surface area contributed by atoms with E-state index in [1.54, 1.807) is 0 Å². The molecule has 0 radical (unpaired) electrons. The van der Waals surface area contributed by atoms with Gasteiger partial charge >= 0.3 is 17.9 Å². The minimum Gasteiger partial charge on any atom is -0.478 e. The summed E-state index contributed by atoms with van der Waals surface area (Å²) in [6, 6.07) is 7.27. The minimum absolute atomic E-state index is 0.157. The number of esters is 1. The first-order valence-electron chi connectivity index (χ1n) is 12.1. The van der Waals surface area contributed by atoms with Crippen LogP contribution < -0.4 is 0 Å². The van der Waals surface area contributed by atoms with Crippen LogP contribution in [0.1, 0.15) is 37.9 Å². The number of ether oxygens (including phenoxy) is 2. The van der Waals surface area contributed by atoms with Crippen molar-refractivity contribution in [1.29, 1.82) is 0 Å². The molecule has 1 aliphatic carbocycles. The van der Waals surface area contributed by atoms with Gasteiger partial charge in [0.15, 0.2) is 0 Å². The molecule has 4 rings (SSSR count). The van der Waals surface area contributed by atoms with Gasteiger partial charge in [0, 0.05) is 54.5 Å². The Hall–Kier alpha value is -3.43. The number of aromatic nitrogens is 1. The Morgan fingerprint density at radius 1 is 1.14 bits per heavy atom. The van der Waals surface area contributed by atoms with Crippen molar-refractivity contribution in [3.8, 4) is 0 Å². The van der Waals surface area contributed by atoms with Crippen LogP contribution in [0.5, 0.6) is 0 Å². The van der Waals surface area contributed by atoms with Crippen LogP contribution in [0.2, 0.25) is 0 Å². The van der Waals surface area contributed by atoms with E-state index in [0.29, 0.717) is 50.6 Å². The van der Waals surface area contributed by atoms with E-state index < -0.39 is 11.9 Å². The molecule has 2 aromatic rings. The lowest BCUT2D eigenvalue weighted by molar-refractivity contribution is -0.149. The van der Waals surface area contributed by atoms with Crippen molar-refractivity contribution in [2.24, 2.45) is 5.92 Å². The van der Waals surface area contributed by atoms with E-state index in [0.717, 1.165) is 6.42 Å². The number of benzene rings is 1. The average molecular weight is 499 g/mol. The maximum Gasteiger partial charge on any atom is 0.328 e. The first-order valence-corrected chi connectivity index (χ1v) is 12.1. The van der Waals surface area contributed by atoms with Gasteiger partial charge in [0.05, 0.1) is 12.5 Å². The Morgan fingerprint density at radius 3 is 2.44 bits per heavy atom. The molecule has 9 nitrogen and oxygen atoms in total. The number of nitrogens with zero attached hydrogens (tertiary/aromatic N) is 2. The van der Waals surface area contributed by atoms with Gasteiger partial charge in [-0.1, -0.05) is 18.2 Å². The number of carbonyl (C=O) groups excluding carboxylic acids is 1. The van der Waals surface area contributed by atoms with Crippen molar-refractivity contribution in [1.82, 2.24) is 9.47 Å². The highest BCUT2D eigenvalue weighted by Crippen LogP contribution is 2.42. The maximum absolute atomic E-state index is 12.6. The molecule has 1 aromatic carbocycles. The van der Waals surface area contributed by atoms with Crippen LogP contribution in [0.4, 0.5) is 0 Å². The third kappa shape index (κ3) is 6.22. The van der Waals surface area contributed by atoms with E-state index in [1.165, 1.54) is 27.6 Å². The number of carboxylic acids is 2. The van der Waals surface area contributed by atoms with Gasteiger partial charge in [-0.05, 0) is 57.0 Å². The zero-order valence-electron chi connectivity index (χ0n) is 21.1. The van der Waals surface area contributed by atoms with Gasteiger partial charge in [0.25, 0.3) is 0 Å². The van der Waals surface area contributed by atoms with E-state index >= 15 is 0 Å². The molecule has 9 heteroatoms. The van der Waals surface area contributed by atoms with Crippen molar-refractivity contribution >= 4 is 34.4 Å². The summed E-state index contributed by atoms with van der Waals surface area (Å²) in [5.74, 6) is -2.91. The second-order valence-electron chi connectivity index (χ2n) is 9.12. The second-order valence-corrected chi connectivity index (χ2v) is 9.12. The summed E-state index contributed by atoms with van der Waals surface area (Å²) in [7, 11) is 2.11. The van der Waals surface area contributed by atoms with Gasteiger partial charge in [-0.2, -0.15) is 0 Å². The van der Waals surface area contributed by atoms with E-state index in [9.17, 15) is 14.4 Å². The van der Waals surface area contributed by atoms with Gasteiger partial charge in [0.2, 0.25) is 0 Å². The lowest BCUT2D eigenvalue weighted by Gasteiger charge is -2.39. The maximum atomic E-state index is 12.6. The van der Waals surface area contributed by atoms with E-state index in [-0.39, 0.29) is 11.9 Å². The Labute approximate surface area is 210 Å². The Morgan fingerprint density at radius 2 is 1.83 bits per heavy atom. The smallest absolute Gasteiger partial charge is 0.328 e. The van der Waals surface area contributed by atoms with Crippen LogP contribution in [0, 0.1) is 5.92 Å².